The minimum absolute atomic E-state index is 0.186. The van der Waals surface area contributed by atoms with Crippen molar-refractivity contribution in [2.45, 2.75) is 19.9 Å². The number of aromatic carboxylic acids is 1. The van der Waals surface area contributed by atoms with Gasteiger partial charge in [0.1, 0.15) is 4.88 Å². The highest BCUT2D eigenvalue weighted by atomic mass is 32.1. The Hall–Kier alpha value is -2.22. The molecule has 0 bridgehead atoms. The summed E-state index contributed by atoms with van der Waals surface area (Å²) in [6, 6.07) is 1.65. The first kappa shape index (κ1) is 13.2. The maximum atomic E-state index is 11.7. The highest BCUT2D eigenvalue weighted by Crippen LogP contribution is 2.26. The number of nitrogens with one attached hydrogen (secondary N) is 1. The summed E-state index contributed by atoms with van der Waals surface area (Å²) >= 11 is 1.05. The van der Waals surface area contributed by atoms with Crippen LogP contribution < -0.4 is 5.32 Å². The van der Waals surface area contributed by atoms with Crippen molar-refractivity contribution >= 4 is 28.2 Å². The van der Waals surface area contributed by atoms with E-state index in [1.54, 1.807) is 30.1 Å². The van der Waals surface area contributed by atoms with Crippen LogP contribution in [0.5, 0.6) is 0 Å². The molecule has 0 fully saturated rings. The Kier molecular flexibility index (Phi) is 3.91. The number of carboxylic acid groups (broad SMARTS) is 1. The summed E-state index contributed by atoms with van der Waals surface area (Å²) in [6.07, 6.45) is 3.47. The van der Waals surface area contributed by atoms with Gasteiger partial charge in [-0.05, 0) is 18.6 Å². The van der Waals surface area contributed by atoms with Crippen LogP contribution in [0.1, 0.15) is 21.7 Å². The summed E-state index contributed by atoms with van der Waals surface area (Å²) in [7, 11) is 0. The minimum atomic E-state index is -0.981. The predicted molar refractivity (Wildman–Crippen MR) is 69.3 cm³/mol. The Morgan fingerprint density at radius 3 is 2.89 bits per heavy atom. The molecule has 2 aromatic heterocycles. The molecule has 0 aliphatic carbocycles. The van der Waals surface area contributed by atoms with Gasteiger partial charge in [0.15, 0.2) is 0 Å². The third-order valence-corrected chi connectivity index (χ3v) is 3.56. The summed E-state index contributed by atoms with van der Waals surface area (Å²) < 4.78 is 1.56. The van der Waals surface area contributed by atoms with Crippen LogP contribution >= 0.6 is 11.3 Å². The molecular weight excluding hydrogens is 268 g/mol. The van der Waals surface area contributed by atoms with Crippen molar-refractivity contribution in [3.8, 4) is 0 Å². The molecule has 2 heterocycles. The summed E-state index contributed by atoms with van der Waals surface area (Å²) in [6.45, 7) is 2.13. The van der Waals surface area contributed by atoms with Gasteiger partial charge in [0, 0.05) is 12.6 Å². The van der Waals surface area contributed by atoms with Crippen LogP contribution in [0.4, 0.5) is 5.00 Å². The van der Waals surface area contributed by atoms with E-state index in [4.69, 9.17) is 5.11 Å². The SMILES string of the molecule is Cc1cc(NC(=O)CCn2ccnn2)sc1C(=O)O. The van der Waals surface area contributed by atoms with Crippen LogP contribution in [0, 0.1) is 6.92 Å². The minimum Gasteiger partial charge on any atom is -0.477 e. The second-order valence-corrected chi connectivity index (χ2v) is 4.94. The van der Waals surface area contributed by atoms with Gasteiger partial charge in [0.25, 0.3) is 0 Å². The fraction of sp³-hybridized carbons (Fsp3) is 0.273. The van der Waals surface area contributed by atoms with Crippen LogP contribution in [0.15, 0.2) is 18.5 Å². The highest BCUT2D eigenvalue weighted by molar-refractivity contribution is 7.18. The summed E-state index contributed by atoms with van der Waals surface area (Å²) in [5.74, 6) is -1.17. The van der Waals surface area contributed by atoms with Gasteiger partial charge in [-0.25, -0.2) is 4.79 Å². The van der Waals surface area contributed by atoms with Gasteiger partial charge >= 0.3 is 5.97 Å². The Bertz CT molecular complexity index is 591. The molecule has 7 nitrogen and oxygen atoms in total. The molecule has 100 valence electrons. The molecule has 1 amide bonds. The number of rotatable bonds is 5. The third kappa shape index (κ3) is 3.38. The first-order valence-electron chi connectivity index (χ1n) is 5.54. The van der Waals surface area contributed by atoms with Crippen molar-refractivity contribution < 1.29 is 14.7 Å². The Labute approximate surface area is 112 Å². The molecule has 0 aliphatic rings. The van der Waals surface area contributed by atoms with Crippen molar-refractivity contribution in [1.82, 2.24) is 15.0 Å². The van der Waals surface area contributed by atoms with E-state index in [-0.39, 0.29) is 17.2 Å². The van der Waals surface area contributed by atoms with Gasteiger partial charge in [0.05, 0.1) is 17.7 Å². The van der Waals surface area contributed by atoms with Crippen molar-refractivity contribution in [1.29, 1.82) is 0 Å². The molecule has 19 heavy (non-hydrogen) atoms. The first-order valence-corrected chi connectivity index (χ1v) is 6.35. The predicted octanol–water partition coefficient (Wildman–Crippen LogP) is 1.38. The number of nitrogens with zero attached hydrogens (tertiary/aromatic N) is 3. The van der Waals surface area contributed by atoms with E-state index in [0.717, 1.165) is 11.3 Å². The van der Waals surface area contributed by atoms with Gasteiger partial charge in [-0.3, -0.25) is 9.48 Å². The lowest BCUT2D eigenvalue weighted by Gasteiger charge is -2.02. The fourth-order valence-electron chi connectivity index (χ4n) is 1.52. The molecular formula is C11H12N4O3S. The number of thiophene rings is 1. The quantitative estimate of drug-likeness (QED) is 0.862. The standard InChI is InChI=1S/C11H12N4O3S/c1-7-6-9(19-10(7)11(17)18)13-8(16)2-4-15-5-3-12-14-15/h3,5-6H,2,4H2,1H3,(H,13,16)(H,17,18). The second kappa shape index (κ2) is 5.61. The van der Waals surface area contributed by atoms with E-state index >= 15 is 0 Å². The number of anilines is 1. The second-order valence-electron chi connectivity index (χ2n) is 3.89. The topological polar surface area (TPSA) is 97.1 Å². The molecule has 0 radical (unpaired) electrons. The van der Waals surface area contributed by atoms with Crippen molar-refractivity contribution in [2.75, 3.05) is 5.32 Å². The number of hydrogen-bond acceptors (Lipinski definition) is 5. The highest BCUT2D eigenvalue weighted by Gasteiger charge is 2.13. The summed E-state index contributed by atoms with van der Waals surface area (Å²) in [5, 5.41) is 19.5. The van der Waals surface area contributed by atoms with Crippen LogP contribution in [0.25, 0.3) is 0 Å². The lowest BCUT2D eigenvalue weighted by atomic mass is 10.3. The van der Waals surface area contributed by atoms with Crippen molar-refractivity contribution in [3.05, 3.63) is 28.9 Å². The van der Waals surface area contributed by atoms with E-state index in [0.29, 0.717) is 17.1 Å². The number of aromatic nitrogens is 3. The Balaban J connectivity index is 1.91. The normalized spacial score (nSPS) is 10.4. The largest absolute Gasteiger partial charge is 0.477 e. The average Bonchev–Trinajstić information content (AvgIpc) is 2.96. The Morgan fingerprint density at radius 1 is 1.53 bits per heavy atom. The molecule has 0 saturated carbocycles. The van der Waals surface area contributed by atoms with E-state index in [9.17, 15) is 9.59 Å². The average molecular weight is 280 g/mol. The monoisotopic (exact) mass is 280 g/mol. The zero-order chi connectivity index (χ0) is 13.8. The molecule has 2 N–H and O–H groups in total. The number of hydrogen-bond donors (Lipinski definition) is 2. The molecule has 0 aliphatic heterocycles. The van der Waals surface area contributed by atoms with Gasteiger partial charge in [-0.1, -0.05) is 5.21 Å². The van der Waals surface area contributed by atoms with E-state index in [2.05, 4.69) is 15.6 Å². The number of carbonyl (C=O) groups is 2. The molecule has 0 aromatic carbocycles. The summed E-state index contributed by atoms with van der Waals surface area (Å²) in [4.78, 5) is 22.8. The number of aryl methyl sites for hydroxylation is 2. The zero-order valence-electron chi connectivity index (χ0n) is 10.2. The fourth-order valence-corrected chi connectivity index (χ4v) is 2.45. The molecule has 2 rings (SSSR count). The van der Waals surface area contributed by atoms with E-state index in [1.807, 2.05) is 0 Å². The maximum absolute atomic E-state index is 11.7. The van der Waals surface area contributed by atoms with Gasteiger partial charge in [0.2, 0.25) is 5.91 Å². The number of carboxylic acids is 1. The van der Waals surface area contributed by atoms with Crippen LogP contribution in [0.2, 0.25) is 0 Å². The molecule has 0 spiro atoms. The zero-order valence-corrected chi connectivity index (χ0v) is 11.0. The van der Waals surface area contributed by atoms with Crippen LogP contribution in [-0.4, -0.2) is 32.0 Å². The van der Waals surface area contributed by atoms with E-state index in [1.165, 1.54) is 0 Å². The van der Waals surface area contributed by atoms with Crippen molar-refractivity contribution in [3.63, 3.8) is 0 Å². The molecule has 0 saturated heterocycles. The number of carbonyl (C=O) groups excluding carboxylic acids is 1. The lowest BCUT2D eigenvalue weighted by molar-refractivity contribution is -0.116. The van der Waals surface area contributed by atoms with E-state index < -0.39 is 5.97 Å². The molecule has 2 aromatic rings. The maximum Gasteiger partial charge on any atom is 0.346 e. The Morgan fingerprint density at radius 2 is 2.32 bits per heavy atom. The lowest BCUT2D eigenvalue weighted by Crippen LogP contribution is -2.14. The molecule has 0 atom stereocenters. The van der Waals surface area contributed by atoms with Crippen LogP contribution in [-0.2, 0) is 11.3 Å². The van der Waals surface area contributed by atoms with Crippen molar-refractivity contribution in [2.24, 2.45) is 0 Å². The smallest absolute Gasteiger partial charge is 0.346 e. The number of amides is 1. The van der Waals surface area contributed by atoms with Gasteiger partial charge < -0.3 is 10.4 Å². The molecule has 8 heteroatoms. The van der Waals surface area contributed by atoms with Crippen LogP contribution in [0.3, 0.4) is 0 Å². The molecule has 0 unspecified atom stereocenters. The first-order chi connectivity index (χ1) is 9.06. The third-order valence-electron chi connectivity index (χ3n) is 2.41. The van der Waals surface area contributed by atoms with Gasteiger partial charge in [-0.2, -0.15) is 0 Å². The summed E-state index contributed by atoms with van der Waals surface area (Å²) in [5.41, 5.74) is 0.643. The van der Waals surface area contributed by atoms with Gasteiger partial charge in [-0.15, -0.1) is 16.4 Å².